The number of nitrogens with zero attached hydrogens (tertiary/aromatic N) is 1. The molecule has 0 aliphatic carbocycles. The molecule has 1 aromatic heterocycles. The van der Waals surface area contributed by atoms with Crippen molar-refractivity contribution in [2.45, 2.75) is 39.9 Å². The summed E-state index contributed by atoms with van der Waals surface area (Å²) in [7, 11) is 0. The quantitative estimate of drug-likeness (QED) is 0.836. The Morgan fingerprint density at radius 3 is 2.38 bits per heavy atom. The summed E-state index contributed by atoms with van der Waals surface area (Å²) in [4.78, 5) is 5.52. The van der Waals surface area contributed by atoms with Gasteiger partial charge in [0, 0.05) is 10.6 Å². The maximum Gasteiger partial charge on any atom is 0.416 e. The van der Waals surface area contributed by atoms with Crippen LogP contribution in [0.25, 0.3) is 0 Å². The topological polar surface area (TPSA) is 24.9 Å². The molecule has 0 bridgehead atoms. The average molecular weight is 314 g/mol. The third-order valence-electron chi connectivity index (χ3n) is 3.29. The van der Waals surface area contributed by atoms with Crippen LogP contribution >= 0.6 is 11.3 Å². The highest BCUT2D eigenvalue weighted by Gasteiger charge is 2.31. The van der Waals surface area contributed by atoms with E-state index in [9.17, 15) is 13.2 Å². The van der Waals surface area contributed by atoms with Crippen LogP contribution in [0, 0.1) is 20.8 Å². The maximum absolute atomic E-state index is 12.8. The second kappa shape index (κ2) is 5.67. The highest BCUT2D eigenvalue weighted by atomic mass is 32.1. The summed E-state index contributed by atoms with van der Waals surface area (Å²) in [6, 6.07) is 3.60. The van der Waals surface area contributed by atoms with E-state index < -0.39 is 11.7 Å². The molecule has 0 aliphatic heterocycles. The van der Waals surface area contributed by atoms with Gasteiger partial charge in [-0.2, -0.15) is 13.2 Å². The van der Waals surface area contributed by atoms with Crippen LogP contribution in [-0.2, 0) is 6.18 Å². The first-order chi connectivity index (χ1) is 9.68. The minimum Gasteiger partial charge on any atom is -0.377 e. The molecule has 2 nitrogen and oxygen atoms in total. The summed E-state index contributed by atoms with van der Waals surface area (Å²) in [5.74, 6) is 0. The van der Waals surface area contributed by atoms with Crippen LogP contribution in [0.5, 0.6) is 0 Å². The molecule has 114 valence electrons. The van der Waals surface area contributed by atoms with Crippen LogP contribution in [0.4, 0.5) is 18.9 Å². The van der Waals surface area contributed by atoms with Gasteiger partial charge in [-0.1, -0.05) is 6.07 Å². The zero-order chi connectivity index (χ0) is 15.8. The predicted octanol–water partition coefficient (Wildman–Crippen LogP) is 5.26. The summed E-state index contributed by atoms with van der Waals surface area (Å²) in [5.41, 5.74) is 1.50. The molecule has 0 saturated heterocycles. The minimum atomic E-state index is -4.33. The summed E-state index contributed by atoms with van der Waals surface area (Å²) >= 11 is 1.59. The third kappa shape index (κ3) is 3.56. The maximum atomic E-state index is 12.8. The fourth-order valence-electron chi connectivity index (χ4n) is 2.20. The number of hydrogen-bond donors (Lipinski definition) is 1. The number of aromatic nitrogens is 1. The minimum absolute atomic E-state index is 0.142. The average Bonchev–Trinajstić information content (AvgIpc) is 2.70. The fraction of sp³-hybridized carbons (Fsp3) is 0.400. The van der Waals surface area contributed by atoms with Crippen LogP contribution in [0.15, 0.2) is 18.2 Å². The molecular weight excluding hydrogens is 297 g/mol. The van der Waals surface area contributed by atoms with Crippen molar-refractivity contribution in [2.75, 3.05) is 5.32 Å². The van der Waals surface area contributed by atoms with Gasteiger partial charge in [-0.05, 0) is 45.4 Å². The largest absolute Gasteiger partial charge is 0.416 e. The lowest BCUT2D eigenvalue weighted by Crippen LogP contribution is -2.11. The molecule has 1 heterocycles. The van der Waals surface area contributed by atoms with E-state index in [1.54, 1.807) is 18.3 Å². The number of benzene rings is 1. The second-order valence-corrected chi connectivity index (χ2v) is 6.48. The molecule has 2 aromatic rings. The Kier molecular flexibility index (Phi) is 4.27. The van der Waals surface area contributed by atoms with E-state index >= 15 is 0 Å². The van der Waals surface area contributed by atoms with Crippen molar-refractivity contribution in [2.24, 2.45) is 0 Å². The van der Waals surface area contributed by atoms with Gasteiger partial charge in [0.2, 0.25) is 0 Å². The molecule has 21 heavy (non-hydrogen) atoms. The van der Waals surface area contributed by atoms with Gasteiger partial charge in [-0.15, -0.1) is 11.3 Å². The van der Waals surface area contributed by atoms with Crippen molar-refractivity contribution in [3.05, 3.63) is 44.9 Å². The Morgan fingerprint density at radius 2 is 1.86 bits per heavy atom. The smallest absolute Gasteiger partial charge is 0.377 e. The van der Waals surface area contributed by atoms with Crippen molar-refractivity contribution in [1.82, 2.24) is 4.98 Å². The molecular formula is C15H17F3N2S. The Labute approximate surface area is 126 Å². The molecule has 0 radical (unpaired) electrons. The van der Waals surface area contributed by atoms with Crippen molar-refractivity contribution in [3.8, 4) is 0 Å². The van der Waals surface area contributed by atoms with Crippen LogP contribution in [0.3, 0.4) is 0 Å². The van der Waals surface area contributed by atoms with E-state index in [0.717, 1.165) is 33.3 Å². The SMILES string of the molecule is Cc1nc(C(C)Nc2cc(C(F)(F)F)ccc2C)c(C)s1. The number of aryl methyl sites for hydroxylation is 3. The molecule has 0 fully saturated rings. The highest BCUT2D eigenvalue weighted by Crippen LogP contribution is 2.33. The normalized spacial score (nSPS) is 13.3. The summed E-state index contributed by atoms with van der Waals surface area (Å²) in [6.45, 7) is 7.58. The molecule has 0 saturated carbocycles. The Morgan fingerprint density at radius 1 is 1.19 bits per heavy atom. The highest BCUT2D eigenvalue weighted by molar-refractivity contribution is 7.11. The zero-order valence-electron chi connectivity index (χ0n) is 12.3. The van der Waals surface area contributed by atoms with Crippen LogP contribution in [0.2, 0.25) is 0 Å². The summed E-state index contributed by atoms with van der Waals surface area (Å²) in [5, 5.41) is 4.09. The number of halogens is 3. The molecule has 1 aromatic carbocycles. The van der Waals surface area contributed by atoms with Gasteiger partial charge in [-0.3, -0.25) is 0 Å². The summed E-state index contributed by atoms with van der Waals surface area (Å²) in [6.07, 6.45) is -4.33. The van der Waals surface area contributed by atoms with Crippen LogP contribution in [0.1, 0.15) is 39.7 Å². The van der Waals surface area contributed by atoms with Gasteiger partial charge in [-0.25, -0.2) is 4.98 Å². The fourth-order valence-corrected chi connectivity index (χ4v) is 3.12. The first-order valence-electron chi connectivity index (χ1n) is 6.57. The number of thiazole rings is 1. The first kappa shape index (κ1) is 15.8. The third-order valence-corrected chi connectivity index (χ3v) is 4.19. The Balaban J connectivity index is 2.28. The lowest BCUT2D eigenvalue weighted by molar-refractivity contribution is -0.137. The van der Waals surface area contributed by atoms with Gasteiger partial charge in [0.25, 0.3) is 0 Å². The van der Waals surface area contributed by atoms with Gasteiger partial charge >= 0.3 is 6.18 Å². The van der Waals surface area contributed by atoms with Crippen LogP contribution < -0.4 is 5.32 Å². The first-order valence-corrected chi connectivity index (χ1v) is 7.38. The van der Waals surface area contributed by atoms with Gasteiger partial charge in [0.1, 0.15) is 0 Å². The van der Waals surface area contributed by atoms with Crippen molar-refractivity contribution < 1.29 is 13.2 Å². The molecule has 1 unspecified atom stereocenters. The molecule has 0 spiro atoms. The molecule has 6 heteroatoms. The van der Waals surface area contributed by atoms with E-state index in [-0.39, 0.29) is 6.04 Å². The second-order valence-electron chi connectivity index (χ2n) is 5.07. The molecule has 2 rings (SSSR count). The van der Waals surface area contributed by atoms with Crippen LogP contribution in [-0.4, -0.2) is 4.98 Å². The number of hydrogen-bond acceptors (Lipinski definition) is 3. The lowest BCUT2D eigenvalue weighted by atomic mass is 10.1. The van der Waals surface area contributed by atoms with E-state index in [1.165, 1.54) is 6.07 Å². The number of nitrogens with one attached hydrogen (secondary N) is 1. The Bertz CT molecular complexity index is 647. The van der Waals surface area contributed by atoms with Gasteiger partial charge < -0.3 is 5.32 Å². The molecule has 1 atom stereocenters. The summed E-state index contributed by atoms with van der Waals surface area (Å²) < 4.78 is 38.4. The Hall–Kier alpha value is -1.56. The number of rotatable bonds is 3. The standard InChI is InChI=1S/C15H17F3N2S/c1-8-5-6-12(15(16,17)18)7-13(8)19-9(2)14-10(3)21-11(4)20-14/h5-7,9,19H,1-4H3. The zero-order valence-corrected chi connectivity index (χ0v) is 13.1. The predicted molar refractivity (Wildman–Crippen MR) is 79.8 cm³/mol. The van der Waals surface area contributed by atoms with E-state index in [2.05, 4.69) is 10.3 Å². The number of alkyl halides is 3. The van der Waals surface area contributed by atoms with Gasteiger partial charge in [0.05, 0.1) is 22.3 Å². The molecule has 1 N–H and O–H groups in total. The van der Waals surface area contributed by atoms with Gasteiger partial charge in [0.15, 0.2) is 0 Å². The van der Waals surface area contributed by atoms with Crippen molar-refractivity contribution >= 4 is 17.0 Å². The van der Waals surface area contributed by atoms with Crippen molar-refractivity contribution in [1.29, 1.82) is 0 Å². The molecule has 0 aliphatic rings. The number of anilines is 1. The van der Waals surface area contributed by atoms with Crippen molar-refractivity contribution in [3.63, 3.8) is 0 Å². The monoisotopic (exact) mass is 314 g/mol. The van der Waals surface area contributed by atoms with E-state index in [0.29, 0.717) is 5.69 Å². The lowest BCUT2D eigenvalue weighted by Gasteiger charge is -2.18. The van der Waals surface area contributed by atoms with E-state index in [4.69, 9.17) is 0 Å². The van der Waals surface area contributed by atoms with E-state index in [1.807, 2.05) is 20.8 Å². The molecule has 0 amide bonds.